The van der Waals surface area contributed by atoms with Crippen molar-refractivity contribution in [3.8, 4) is 17.3 Å². The fraction of sp³-hybridized carbons (Fsp3) is 0.261. The summed E-state index contributed by atoms with van der Waals surface area (Å²) in [5, 5.41) is 14.3. The molecule has 0 saturated carbocycles. The summed E-state index contributed by atoms with van der Waals surface area (Å²) >= 11 is 6.14. The lowest BCUT2D eigenvalue weighted by atomic mass is 10.0. The van der Waals surface area contributed by atoms with E-state index >= 15 is 0 Å². The number of halogens is 1. The van der Waals surface area contributed by atoms with Crippen molar-refractivity contribution < 1.29 is 9.53 Å². The Morgan fingerprint density at radius 3 is 2.70 bits per heavy atom. The number of nitriles is 1. The van der Waals surface area contributed by atoms with E-state index in [1.807, 2.05) is 41.3 Å². The van der Waals surface area contributed by atoms with Crippen LogP contribution in [0.2, 0.25) is 5.02 Å². The zero-order chi connectivity index (χ0) is 21.3. The fourth-order valence-electron chi connectivity index (χ4n) is 3.79. The lowest BCUT2D eigenvalue weighted by Crippen LogP contribution is -2.41. The Morgan fingerprint density at radius 1 is 1.23 bits per heavy atom. The maximum atomic E-state index is 13.2. The molecule has 152 valence electrons. The Balaban J connectivity index is 1.64. The van der Waals surface area contributed by atoms with Crippen LogP contribution in [0.1, 0.15) is 40.1 Å². The van der Waals surface area contributed by atoms with Gasteiger partial charge < -0.3 is 9.64 Å². The summed E-state index contributed by atoms with van der Waals surface area (Å²) in [6.45, 7) is 3.52. The van der Waals surface area contributed by atoms with Gasteiger partial charge in [-0.25, -0.2) is 0 Å². The molecule has 0 radical (unpaired) electrons. The van der Waals surface area contributed by atoms with E-state index in [0.29, 0.717) is 36.0 Å². The molecule has 1 aliphatic heterocycles. The van der Waals surface area contributed by atoms with Crippen LogP contribution in [0.3, 0.4) is 0 Å². The van der Waals surface area contributed by atoms with Gasteiger partial charge in [0.15, 0.2) is 0 Å². The molecule has 1 aliphatic rings. The van der Waals surface area contributed by atoms with Crippen LogP contribution in [0.4, 0.5) is 0 Å². The van der Waals surface area contributed by atoms with Crippen molar-refractivity contribution in [2.75, 3.05) is 13.7 Å². The summed E-state index contributed by atoms with van der Waals surface area (Å²) in [6, 6.07) is 16.9. The Kier molecular flexibility index (Phi) is 5.58. The summed E-state index contributed by atoms with van der Waals surface area (Å²) in [5.74, 6) is -0.0570. The summed E-state index contributed by atoms with van der Waals surface area (Å²) in [7, 11) is 1.63. The number of hydrogen-bond acceptors (Lipinski definition) is 4. The SMILES string of the molecule is COCc1cc(Cl)ccc1-c1cc2n(n1)C(C)CN(Cc1ccc(C#N)cc1)C2=O. The number of amides is 1. The number of aromatic nitrogens is 2. The van der Waals surface area contributed by atoms with Crippen LogP contribution in [0, 0.1) is 11.3 Å². The monoisotopic (exact) mass is 420 g/mol. The number of fused-ring (bicyclic) bond motifs is 1. The maximum Gasteiger partial charge on any atom is 0.272 e. The third kappa shape index (κ3) is 3.82. The molecule has 1 unspecified atom stereocenters. The van der Waals surface area contributed by atoms with Crippen molar-refractivity contribution in [2.24, 2.45) is 0 Å². The van der Waals surface area contributed by atoms with Gasteiger partial charge in [0.2, 0.25) is 0 Å². The van der Waals surface area contributed by atoms with E-state index in [-0.39, 0.29) is 11.9 Å². The average Bonchev–Trinajstić information content (AvgIpc) is 3.19. The topological polar surface area (TPSA) is 71.2 Å². The molecular weight excluding hydrogens is 400 g/mol. The number of carbonyl (C=O) groups excluding carboxylic acids is 1. The number of methoxy groups -OCH3 is 1. The second-order valence-electron chi connectivity index (χ2n) is 7.44. The first kappa shape index (κ1) is 20.1. The minimum atomic E-state index is -0.0570. The van der Waals surface area contributed by atoms with Gasteiger partial charge in [0.25, 0.3) is 5.91 Å². The molecule has 1 amide bonds. The lowest BCUT2D eigenvalue weighted by molar-refractivity contribution is 0.0651. The van der Waals surface area contributed by atoms with Crippen molar-refractivity contribution in [1.29, 1.82) is 5.26 Å². The first-order valence-electron chi connectivity index (χ1n) is 9.65. The van der Waals surface area contributed by atoms with E-state index in [4.69, 9.17) is 26.7 Å². The minimum absolute atomic E-state index is 0.0445. The zero-order valence-corrected chi connectivity index (χ0v) is 17.6. The number of benzene rings is 2. The molecule has 30 heavy (non-hydrogen) atoms. The second kappa shape index (κ2) is 8.31. The molecule has 1 atom stereocenters. The van der Waals surface area contributed by atoms with Gasteiger partial charge in [-0.05, 0) is 48.4 Å². The summed E-state index contributed by atoms with van der Waals surface area (Å²) in [4.78, 5) is 15.0. The minimum Gasteiger partial charge on any atom is -0.380 e. The molecule has 0 aliphatic carbocycles. The predicted molar refractivity (Wildman–Crippen MR) is 114 cm³/mol. The summed E-state index contributed by atoms with van der Waals surface area (Å²) in [5.41, 5.74) is 4.72. The van der Waals surface area contributed by atoms with Gasteiger partial charge in [-0.15, -0.1) is 0 Å². The van der Waals surface area contributed by atoms with E-state index in [1.165, 1.54) is 0 Å². The molecule has 2 heterocycles. The van der Waals surface area contributed by atoms with Gasteiger partial charge in [0.05, 0.1) is 30.0 Å². The maximum absolute atomic E-state index is 13.2. The number of hydrogen-bond donors (Lipinski definition) is 0. The van der Waals surface area contributed by atoms with Crippen molar-refractivity contribution in [2.45, 2.75) is 26.1 Å². The standard InChI is InChI=1S/C23H21ClN4O2/c1-15-12-27(13-17-5-3-16(11-25)4-6-17)23(29)22-10-21(26-28(15)22)20-8-7-19(24)9-18(20)14-30-2/h3-10,15H,12-14H2,1-2H3. The van der Waals surface area contributed by atoms with Gasteiger partial charge in [-0.2, -0.15) is 10.4 Å². The molecule has 0 spiro atoms. The van der Waals surface area contributed by atoms with Crippen molar-refractivity contribution in [3.05, 3.63) is 75.9 Å². The zero-order valence-electron chi connectivity index (χ0n) is 16.8. The largest absolute Gasteiger partial charge is 0.380 e. The highest BCUT2D eigenvalue weighted by atomic mass is 35.5. The van der Waals surface area contributed by atoms with Crippen molar-refractivity contribution in [1.82, 2.24) is 14.7 Å². The van der Waals surface area contributed by atoms with E-state index in [9.17, 15) is 4.79 Å². The highest BCUT2D eigenvalue weighted by molar-refractivity contribution is 6.30. The number of ether oxygens (including phenoxy) is 1. The summed E-state index contributed by atoms with van der Waals surface area (Å²) < 4.78 is 7.10. The van der Waals surface area contributed by atoms with Crippen LogP contribution in [0.25, 0.3) is 11.3 Å². The van der Waals surface area contributed by atoms with Crippen LogP contribution in [0.5, 0.6) is 0 Å². The molecule has 4 rings (SSSR count). The molecule has 0 N–H and O–H groups in total. The third-order valence-corrected chi connectivity index (χ3v) is 5.48. The molecular formula is C23H21ClN4O2. The van der Waals surface area contributed by atoms with Gasteiger partial charge >= 0.3 is 0 Å². The molecule has 0 bridgehead atoms. The molecule has 7 heteroatoms. The Hall–Kier alpha value is -3.14. The van der Waals surface area contributed by atoms with Gasteiger partial charge in [0.1, 0.15) is 5.69 Å². The highest BCUT2D eigenvalue weighted by Crippen LogP contribution is 2.30. The van der Waals surface area contributed by atoms with E-state index in [2.05, 4.69) is 13.0 Å². The van der Waals surface area contributed by atoms with Crippen LogP contribution < -0.4 is 0 Å². The van der Waals surface area contributed by atoms with Gasteiger partial charge in [-0.1, -0.05) is 29.8 Å². The smallest absolute Gasteiger partial charge is 0.272 e. The van der Waals surface area contributed by atoms with E-state index < -0.39 is 0 Å². The molecule has 1 aromatic heterocycles. The Bertz CT molecular complexity index is 1130. The first-order chi connectivity index (χ1) is 14.5. The van der Waals surface area contributed by atoms with E-state index in [1.54, 1.807) is 23.9 Å². The summed E-state index contributed by atoms with van der Waals surface area (Å²) in [6.07, 6.45) is 0. The molecule has 2 aromatic carbocycles. The second-order valence-corrected chi connectivity index (χ2v) is 7.87. The van der Waals surface area contributed by atoms with Crippen molar-refractivity contribution >= 4 is 17.5 Å². The normalized spacial score (nSPS) is 15.7. The first-order valence-corrected chi connectivity index (χ1v) is 10.0. The van der Waals surface area contributed by atoms with Crippen LogP contribution in [-0.4, -0.2) is 34.2 Å². The fourth-order valence-corrected chi connectivity index (χ4v) is 3.99. The highest BCUT2D eigenvalue weighted by Gasteiger charge is 2.31. The van der Waals surface area contributed by atoms with E-state index in [0.717, 1.165) is 22.4 Å². The van der Waals surface area contributed by atoms with Gasteiger partial charge in [-0.3, -0.25) is 9.48 Å². The van der Waals surface area contributed by atoms with Crippen molar-refractivity contribution in [3.63, 3.8) is 0 Å². The number of nitrogens with zero attached hydrogens (tertiary/aromatic N) is 4. The Morgan fingerprint density at radius 2 is 2.00 bits per heavy atom. The average molecular weight is 421 g/mol. The lowest BCUT2D eigenvalue weighted by Gasteiger charge is -2.31. The molecule has 0 saturated heterocycles. The molecule has 3 aromatic rings. The van der Waals surface area contributed by atoms with Crippen LogP contribution in [0.15, 0.2) is 48.5 Å². The third-order valence-electron chi connectivity index (χ3n) is 5.24. The van der Waals surface area contributed by atoms with Gasteiger partial charge in [0, 0.05) is 30.8 Å². The van der Waals surface area contributed by atoms with Crippen LogP contribution >= 0.6 is 11.6 Å². The number of carbonyl (C=O) groups is 1. The molecule has 6 nitrogen and oxygen atoms in total. The Labute approximate surface area is 180 Å². The quantitative estimate of drug-likeness (QED) is 0.611. The van der Waals surface area contributed by atoms with Crippen LogP contribution in [-0.2, 0) is 17.9 Å². The molecule has 0 fully saturated rings. The predicted octanol–water partition coefficient (Wildman–Crippen LogP) is 4.44. The number of rotatable bonds is 5.